The Bertz CT molecular complexity index is 982. The second kappa shape index (κ2) is 6.28. The van der Waals surface area contributed by atoms with Gasteiger partial charge in [-0.3, -0.25) is 9.52 Å². The zero-order valence-corrected chi connectivity index (χ0v) is 15.7. The molecule has 1 heterocycles. The number of anilines is 2. The molecule has 1 saturated carbocycles. The molecule has 1 spiro atoms. The van der Waals surface area contributed by atoms with Crippen LogP contribution in [0.4, 0.5) is 11.4 Å². The quantitative estimate of drug-likeness (QED) is 0.827. The van der Waals surface area contributed by atoms with E-state index in [1.807, 2.05) is 0 Å². The summed E-state index contributed by atoms with van der Waals surface area (Å²) in [6.45, 7) is 0. The second-order valence-electron chi connectivity index (χ2n) is 6.96. The molecule has 136 valence electrons. The van der Waals surface area contributed by atoms with Crippen molar-refractivity contribution in [2.75, 3.05) is 10.0 Å². The second-order valence-corrected chi connectivity index (χ2v) is 9.09. The fourth-order valence-electron chi connectivity index (χ4n) is 3.99. The first-order chi connectivity index (χ1) is 12.4. The fourth-order valence-corrected chi connectivity index (χ4v) is 5.49. The minimum absolute atomic E-state index is 0.0288. The van der Waals surface area contributed by atoms with Gasteiger partial charge in [0, 0.05) is 16.4 Å². The number of fused-ring (bicyclic) bond motifs is 2. The number of carbonyl (C=O) groups is 1. The van der Waals surface area contributed by atoms with E-state index in [9.17, 15) is 13.2 Å². The highest BCUT2D eigenvalue weighted by Gasteiger charge is 2.48. The summed E-state index contributed by atoms with van der Waals surface area (Å²) in [6, 6.07) is 12.1. The van der Waals surface area contributed by atoms with Gasteiger partial charge in [0.05, 0.1) is 11.2 Å². The number of hydrogen-bond acceptors (Lipinski definition) is 3. The smallest absolute Gasteiger partial charge is 0.236 e. The minimum Gasteiger partial charge on any atom is -0.325 e. The summed E-state index contributed by atoms with van der Waals surface area (Å²) in [5.41, 5.74) is 2.20. The van der Waals surface area contributed by atoms with E-state index in [0.717, 1.165) is 36.9 Å². The van der Waals surface area contributed by atoms with Crippen molar-refractivity contribution in [3.05, 3.63) is 58.6 Å². The van der Waals surface area contributed by atoms with Crippen molar-refractivity contribution in [1.29, 1.82) is 0 Å². The summed E-state index contributed by atoms with van der Waals surface area (Å²) < 4.78 is 27.7. The Labute approximate surface area is 157 Å². The van der Waals surface area contributed by atoms with Crippen LogP contribution in [0.25, 0.3) is 0 Å². The molecule has 0 bridgehead atoms. The highest BCUT2D eigenvalue weighted by atomic mass is 35.5. The molecule has 1 aliphatic carbocycles. The standard InChI is InChI=1S/C19H19ClN2O3S/c20-16-6-2-1-5-13(16)12-26(24,25)22-14-7-8-17-15(11-14)19(18(23)21-17)9-3-4-10-19/h1-2,5-8,11,22H,3-4,9-10,12H2,(H,21,23). The monoisotopic (exact) mass is 390 g/mol. The predicted octanol–water partition coefficient (Wildman–Crippen LogP) is 4.05. The molecule has 1 aliphatic heterocycles. The van der Waals surface area contributed by atoms with Crippen LogP contribution in [0.3, 0.4) is 0 Å². The van der Waals surface area contributed by atoms with Crippen LogP contribution < -0.4 is 10.0 Å². The van der Waals surface area contributed by atoms with Crippen LogP contribution in [-0.2, 0) is 26.0 Å². The minimum atomic E-state index is -3.62. The van der Waals surface area contributed by atoms with Crippen LogP contribution in [0.2, 0.25) is 5.02 Å². The van der Waals surface area contributed by atoms with Crippen LogP contribution >= 0.6 is 11.6 Å². The Morgan fingerprint density at radius 2 is 1.85 bits per heavy atom. The Kier molecular flexibility index (Phi) is 4.20. The van der Waals surface area contributed by atoms with Gasteiger partial charge in [0.15, 0.2) is 0 Å². The maximum Gasteiger partial charge on any atom is 0.236 e. The summed E-state index contributed by atoms with van der Waals surface area (Å²) in [7, 11) is -3.62. The van der Waals surface area contributed by atoms with Gasteiger partial charge in [-0.1, -0.05) is 42.6 Å². The van der Waals surface area contributed by atoms with Gasteiger partial charge in [-0.15, -0.1) is 0 Å². The summed E-state index contributed by atoms with van der Waals surface area (Å²) in [6.07, 6.45) is 3.63. The van der Waals surface area contributed by atoms with Gasteiger partial charge in [0.25, 0.3) is 0 Å². The highest BCUT2D eigenvalue weighted by Crippen LogP contribution is 2.49. The van der Waals surface area contributed by atoms with Gasteiger partial charge >= 0.3 is 0 Å². The van der Waals surface area contributed by atoms with Gasteiger partial charge in [0.1, 0.15) is 0 Å². The molecule has 7 heteroatoms. The zero-order valence-electron chi connectivity index (χ0n) is 14.1. The van der Waals surface area contributed by atoms with E-state index in [-0.39, 0.29) is 11.7 Å². The molecule has 0 unspecified atom stereocenters. The average Bonchev–Trinajstić information content (AvgIpc) is 3.17. The lowest BCUT2D eigenvalue weighted by Crippen LogP contribution is -2.31. The Morgan fingerprint density at radius 1 is 1.12 bits per heavy atom. The van der Waals surface area contributed by atoms with E-state index in [4.69, 9.17) is 11.6 Å². The molecule has 0 atom stereocenters. The summed E-state index contributed by atoms with van der Waals surface area (Å²) in [5, 5.41) is 3.36. The maximum absolute atomic E-state index is 12.5. The van der Waals surface area contributed by atoms with Crippen molar-refractivity contribution >= 4 is 38.9 Å². The molecule has 1 fully saturated rings. The third-order valence-electron chi connectivity index (χ3n) is 5.25. The van der Waals surface area contributed by atoms with Gasteiger partial charge in [-0.05, 0) is 48.2 Å². The molecule has 2 aromatic carbocycles. The van der Waals surface area contributed by atoms with Crippen molar-refractivity contribution < 1.29 is 13.2 Å². The van der Waals surface area contributed by atoms with Crippen LogP contribution in [0.15, 0.2) is 42.5 Å². The predicted molar refractivity (Wildman–Crippen MR) is 103 cm³/mol. The van der Waals surface area contributed by atoms with Crippen LogP contribution in [0.1, 0.15) is 36.8 Å². The fraction of sp³-hybridized carbons (Fsp3) is 0.316. The van der Waals surface area contributed by atoms with Crippen molar-refractivity contribution in [1.82, 2.24) is 0 Å². The first-order valence-electron chi connectivity index (χ1n) is 8.60. The van der Waals surface area contributed by atoms with E-state index in [2.05, 4.69) is 10.0 Å². The van der Waals surface area contributed by atoms with Crippen molar-refractivity contribution in [2.45, 2.75) is 36.9 Å². The maximum atomic E-state index is 12.5. The molecule has 0 radical (unpaired) electrons. The van der Waals surface area contributed by atoms with E-state index in [0.29, 0.717) is 16.3 Å². The molecule has 2 N–H and O–H groups in total. The number of hydrogen-bond donors (Lipinski definition) is 2. The number of sulfonamides is 1. The number of nitrogens with one attached hydrogen (secondary N) is 2. The molecule has 0 aromatic heterocycles. The molecular weight excluding hydrogens is 372 g/mol. The normalized spacial score (nSPS) is 18.0. The number of rotatable bonds is 4. The van der Waals surface area contributed by atoms with E-state index >= 15 is 0 Å². The topological polar surface area (TPSA) is 75.3 Å². The van der Waals surface area contributed by atoms with Crippen LogP contribution in [0.5, 0.6) is 0 Å². The molecule has 5 nitrogen and oxygen atoms in total. The lowest BCUT2D eigenvalue weighted by molar-refractivity contribution is -0.120. The number of carbonyl (C=O) groups excluding carboxylic acids is 1. The van der Waals surface area contributed by atoms with Crippen LogP contribution in [0, 0.1) is 0 Å². The SMILES string of the molecule is O=C1Nc2ccc(NS(=O)(=O)Cc3ccccc3Cl)cc2C12CCCC2. The van der Waals surface area contributed by atoms with Crippen LogP contribution in [-0.4, -0.2) is 14.3 Å². The molecule has 2 aromatic rings. The van der Waals surface area contributed by atoms with Gasteiger partial charge in [-0.25, -0.2) is 8.42 Å². The van der Waals surface area contributed by atoms with Gasteiger partial charge < -0.3 is 5.32 Å². The molecular formula is C19H19ClN2O3S. The lowest BCUT2D eigenvalue weighted by Gasteiger charge is -2.21. The largest absolute Gasteiger partial charge is 0.325 e. The summed E-state index contributed by atoms with van der Waals surface area (Å²) >= 11 is 6.07. The van der Waals surface area contributed by atoms with E-state index in [1.54, 1.807) is 42.5 Å². The number of amides is 1. The highest BCUT2D eigenvalue weighted by molar-refractivity contribution is 7.91. The molecule has 4 rings (SSSR count). The molecule has 0 saturated heterocycles. The first kappa shape index (κ1) is 17.4. The van der Waals surface area contributed by atoms with Crippen molar-refractivity contribution in [2.24, 2.45) is 0 Å². The van der Waals surface area contributed by atoms with Crippen molar-refractivity contribution in [3.63, 3.8) is 0 Å². The van der Waals surface area contributed by atoms with Gasteiger partial charge in [0.2, 0.25) is 15.9 Å². The number of benzene rings is 2. The Hall–Kier alpha value is -2.05. The third kappa shape index (κ3) is 2.97. The van der Waals surface area contributed by atoms with Crippen molar-refractivity contribution in [3.8, 4) is 0 Å². The molecule has 1 amide bonds. The molecule has 26 heavy (non-hydrogen) atoms. The van der Waals surface area contributed by atoms with Gasteiger partial charge in [-0.2, -0.15) is 0 Å². The first-order valence-corrected chi connectivity index (χ1v) is 10.6. The molecule has 2 aliphatic rings. The Morgan fingerprint density at radius 3 is 2.58 bits per heavy atom. The van der Waals surface area contributed by atoms with E-state index in [1.165, 1.54) is 0 Å². The Balaban J connectivity index is 1.61. The third-order valence-corrected chi connectivity index (χ3v) is 6.86. The summed E-state index contributed by atoms with van der Waals surface area (Å²) in [4.78, 5) is 12.5. The average molecular weight is 391 g/mol. The van der Waals surface area contributed by atoms with E-state index < -0.39 is 15.4 Å². The lowest BCUT2D eigenvalue weighted by atomic mass is 9.80. The zero-order chi connectivity index (χ0) is 18.4. The number of halogens is 1. The summed E-state index contributed by atoms with van der Waals surface area (Å²) in [5.74, 6) is -0.174.